The van der Waals surface area contributed by atoms with Gasteiger partial charge in [0.15, 0.2) is 0 Å². The normalized spacial score (nSPS) is 10.2. The van der Waals surface area contributed by atoms with Crippen LogP contribution in [-0.4, -0.2) is 28.1 Å². The number of anilines is 1. The van der Waals surface area contributed by atoms with Crippen LogP contribution in [0.25, 0.3) is 5.69 Å². The van der Waals surface area contributed by atoms with Crippen LogP contribution in [0.3, 0.4) is 0 Å². The molecule has 0 saturated carbocycles. The number of carbonyl (C=O) groups is 2. The smallest absolute Gasteiger partial charge is 0.259 e. The number of amides is 2. The molecule has 0 spiro atoms. The van der Waals surface area contributed by atoms with Gasteiger partial charge in [-0.15, -0.1) is 6.42 Å². The molecule has 2 N–H and O–H groups in total. The predicted molar refractivity (Wildman–Crippen MR) is 109 cm³/mol. The third kappa shape index (κ3) is 3.79. The zero-order valence-corrected chi connectivity index (χ0v) is 15.7. The average molecular weight is 372 g/mol. The molecule has 0 radical (unpaired) electrons. The maximum atomic E-state index is 12.8. The minimum absolute atomic E-state index is 0.115. The van der Waals surface area contributed by atoms with Crippen molar-refractivity contribution in [3.05, 3.63) is 77.1 Å². The van der Waals surface area contributed by atoms with Crippen LogP contribution in [0.15, 0.2) is 54.7 Å². The molecule has 6 nitrogen and oxygen atoms in total. The lowest BCUT2D eigenvalue weighted by molar-refractivity contribution is 0.0959. The Morgan fingerprint density at radius 2 is 1.75 bits per heavy atom. The molecule has 3 rings (SSSR count). The standard InChI is InChI=1S/C22H20N4O2/c1-4-13-23-21(27)17-10-6-7-11-19(17)25-22(28)18-14-24-26(16(18)3)20-12-8-5-9-15(20)2/h1,5-12,14H,13H2,2-3H3,(H,23,27)(H,25,28). The van der Waals surface area contributed by atoms with E-state index in [1.807, 2.05) is 38.1 Å². The molecule has 0 aliphatic carbocycles. The first-order chi connectivity index (χ1) is 13.5. The van der Waals surface area contributed by atoms with E-state index < -0.39 is 0 Å². The molecular weight excluding hydrogens is 352 g/mol. The van der Waals surface area contributed by atoms with Crippen molar-refractivity contribution in [3.63, 3.8) is 0 Å². The van der Waals surface area contributed by atoms with E-state index in [2.05, 4.69) is 21.7 Å². The predicted octanol–water partition coefficient (Wildman–Crippen LogP) is 3.10. The van der Waals surface area contributed by atoms with Gasteiger partial charge in [-0.05, 0) is 37.6 Å². The number of aromatic nitrogens is 2. The number of terminal acetylenes is 1. The molecule has 2 amide bonds. The van der Waals surface area contributed by atoms with Crippen LogP contribution in [0, 0.1) is 26.2 Å². The van der Waals surface area contributed by atoms with Crippen LogP contribution in [0.5, 0.6) is 0 Å². The zero-order valence-electron chi connectivity index (χ0n) is 15.7. The number of para-hydroxylation sites is 2. The van der Waals surface area contributed by atoms with E-state index in [4.69, 9.17) is 6.42 Å². The summed E-state index contributed by atoms with van der Waals surface area (Å²) in [5, 5.41) is 9.76. The van der Waals surface area contributed by atoms with E-state index in [1.165, 1.54) is 6.20 Å². The monoisotopic (exact) mass is 372 g/mol. The Morgan fingerprint density at radius 1 is 1.04 bits per heavy atom. The van der Waals surface area contributed by atoms with Crippen molar-refractivity contribution >= 4 is 17.5 Å². The summed E-state index contributed by atoms with van der Waals surface area (Å²) in [6, 6.07) is 14.6. The van der Waals surface area contributed by atoms with Crippen molar-refractivity contribution in [2.75, 3.05) is 11.9 Å². The third-order valence-electron chi connectivity index (χ3n) is 4.37. The lowest BCUT2D eigenvalue weighted by atomic mass is 10.1. The van der Waals surface area contributed by atoms with Crippen LogP contribution < -0.4 is 10.6 Å². The zero-order chi connectivity index (χ0) is 20.1. The molecule has 140 valence electrons. The highest BCUT2D eigenvalue weighted by molar-refractivity contribution is 6.09. The van der Waals surface area contributed by atoms with Crippen molar-refractivity contribution < 1.29 is 9.59 Å². The van der Waals surface area contributed by atoms with E-state index in [-0.39, 0.29) is 18.4 Å². The second-order valence-corrected chi connectivity index (χ2v) is 6.23. The van der Waals surface area contributed by atoms with Gasteiger partial charge in [0.05, 0.1) is 40.9 Å². The lowest BCUT2D eigenvalue weighted by Gasteiger charge is -2.11. The number of rotatable bonds is 5. The van der Waals surface area contributed by atoms with E-state index in [9.17, 15) is 9.59 Å². The molecule has 0 aliphatic rings. The van der Waals surface area contributed by atoms with Crippen LogP contribution in [0.2, 0.25) is 0 Å². The summed E-state index contributed by atoms with van der Waals surface area (Å²) in [5.41, 5.74) is 3.85. The Morgan fingerprint density at radius 3 is 2.50 bits per heavy atom. The molecule has 3 aromatic rings. The van der Waals surface area contributed by atoms with Gasteiger partial charge in [-0.3, -0.25) is 9.59 Å². The minimum Gasteiger partial charge on any atom is -0.341 e. The second-order valence-electron chi connectivity index (χ2n) is 6.23. The Bertz CT molecular complexity index is 1080. The van der Waals surface area contributed by atoms with Crippen LogP contribution in [0.4, 0.5) is 5.69 Å². The highest BCUT2D eigenvalue weighted by Gasteiger charge is 2.18. The van der Waals surface area contributed by atoms with Gasteiger partial charge in [0, 0.05) is 0 Å². The summed E-state index contributed by atoms with van der Waals surface area (Å²) < 4.78 is 1.73. The molecule has 2 aromatic carbocycles. The maximum Gasteiger partial charge on any atom is 0.259 e. The van der Waals surface area contributed by atoms with Crippen LogP contribution >= 0.6 is 0 Å². The number of aryl methyl sites for hydroxylation is 1. The van der Waals surface area contributed by atoms with Gasteiger partial charge >= 0.3 is 0 Å². The third-order valence-corrected chi connectivity index (χ3v) is 4.37. The Kier molecular flexibility index (Phi) is 5.56. The van der Waals surface area contributed by atoms with Crippen molar-refractivity contribution in [1.29, 1.82) is 0 Å². The van der Waals surface area contributed by atoms with Gasteiger partial charge < -0.3 is 10.6 Å². The molecule has 0 bridgehead atoms. The Labute approximate surface area is 163 Å². The SMILES string of the molecule is C#CCNC(=O)c1ccccc1NC(=O)c1cnn(-c2ccccc2C)c1C. The molecule has 0 unspecified atom stereocenters. The van der Waals surface area contributed by atoms with Crippen molar-refractivity contribution in [1.82, 2.24) is 15.1 Å². The van der Waals surface area contributed by atoms with Gasteiger partial charge in [0.25, 0.3) is 11.8 Å². The van der Waals surface area contributed by atoms with Crippen LogP contribution in [0.1, 0.15) is 32.0 Å². The lowest BCUT2D eigenvalue weighted by Crippen LogP contribution is -2.25. The Balaban J connectivity index is 1.87. The van der Waals surface area contributed by atoms with Gasteiger partial charge in [-0.25, -0.2) is 4.68 Å². The number of hydrogen-bond donors (Lipinski definition) is 2. The van der Waals surface area contributed by atoms with Gasteiger partial charge in [0.2, 0.25) is 0 Å². The second kappa shape index (κ2) is 8.23. The number of hydrogen-bond acceptors (Lipinski definition) is 3. The maximum absolute atomic E-state index is 12.8. The van der Waals surface area contributed by atoms with Crippen molar-refractivity contribution in [3.8, 4) is 18.0 Å². The fourth-order valence-electron chi connectivity index (χ4n) is 2.88. The molecule has 6 heteroatoms. The molecule has 28 heavy (non-hydrogen) atoms. The van der Waals surface area contributed by atoms with Gasteiger partial charge in [-0.2, -0.15) is 5.10 Å². The summed E-state index contributed by atoms with van der Waals surface area (Å²) in [6.45, 7) is 3.94. The van der Waals surface area contributed by atoms with E-state index >= 15 is 0 Å². The van der Waals surface area contributed by atoms with Gasteiger partial charge in [0.1, 0.15) is 0 Å². The van der Waals surface area contributed by atoms with E-state index in [0.717, 1.165) is 11.3 Å². The number of benzene rings is 2. The summed E-state index contributed by atoms with van der Waals surface area (Å²) >= 11 is 0. The fraction of sp³-hybridized carbons (Fsp3) is 0.136. The number of nitrogens with zero attached hydrogens (tertiary/aromatic N) is 2. The molecule has 0 aliphatic heterocycles. The average Bonchev–Trinajstić information content (AvgIpc) is 3.08. The molecule has 1 aromatic heterocycles. The molecular formula is C22H20N4O2. The van der Waals surface area contributed by atoms with E-state index in [1.54, 1.807) is 28.9 Å². The quantitative estimate of drug-likeness (QED) is 0.676. The van der Waals surface area contributed by atoms with Gasteiger partial charge in [-0.1, -0.05) is 36.3 Å². The fourth-order valence-corrected chi connectivity index (χ4v) is 2.88. The highest BCUT2D eigenvalue weighted by Crippen LogP contribution is 2.20. The summed E-state index contributed by atoms with van der Waals surface area (Å²) in [7, 11) is 0. The summed E-state index contributed by atoms with van der Waals surface area (Å²) in [6.07, 6.45) is 6.71. The first-order valence-corrected chi connectivity index (χ1v) is 8.75. The first kappa shape index (κ1) is 18.9. The largest absolute Gasteiger partial charge is 0.341 e. The van der Waals surface area contributed by atoms with Crippen molar-refractivity contribution in [2.24, 2.45) is 0 Å². The number of carbonyl (C=O) groups excluding carboxylic acids is 2. The minimum atomic E-state index is -0.346. The molecule has 0 atom stereocenters. The topological polar surface area (TPSA) is 76.0 Å². The molecule has 0 fully saturated rings. The summed E-state index contributed by atoms with van der Waals surface area (Å²) in [4.78, 5) is 25.1. The van der Waals surface area contributed by atoms with Crippen LogP contribution in [-0.2, 0) is 0 Å². The van der Waals surface area contributed by atoms with Crippen molar-refractivity contribution in [2.45, 2.75) is 13.8 Å². The summed E-state index contributed by atoms with van der Waals surface area (Å²) in [5.74, 6) is 1.67. The number of nitrogens with one attached hydrogen (secondary N) is 2. The molecule has 1 heterocycles. The Hall–Kier alpha value is -3.85. The van der Waals surface area contributed by atoms with E-state index in [0.29, 0.717) is 22.5 Å². The highest BCUT2D eigenvalue weighted by atomic mass is 16.2. The first-order valence-electron chi connectivity index (χ1n) is 8.75. The molecule has 0 saturated heterocycles.